The third-order valence-electron chi connectivity index (χ3n) is 7.72. The van der Waals surface area contributed by atoms with Gasteiger partial charge in [0.15, 0.2) is 11.5 Å². The summed E-state index contributed by atoms with van der Waals surface area (Å²) in [6.07, 6.45) is 0.362. The first kappa shape index (κ1) is 30.6. The number of aromatic nitrogens is 4. The van der Waals surface area contributed by atoms with Crippen LogP contribution in [0.1, 0.15) is 54.6 Å². The fourth-order valence-corrected chi connectivity index (χ4v) is 5.66. The lowest BCUT2D eigenvalue weighted by molar-refractivity contribution is -0.183. The van der Waals surface area contributed by atoms with E-state index in [-0.39, 0.29) is 36.9 Å². The van der Waals surface area contributed by atoms with Crippen molar-refractivity contribution in [2.75, 3.05) is 6.61 Å². The topological polar surface area (TPSA) is 90.1 Å². The van der Waals surface area contributed by atoms with Gasteiger partial charge in [-0.05, 0) is 68.2 Å². The highest BCUT2D eigenvalue weighted by Crippen LogP contribution is 2.43. The molecule has 5 rings (SSSR count). The van der Waals surface area contributed by atoms with Crippen LogP contribution in [0.5, 0.6) is 5.75 Å². The van der Waals surface area contributed by atoms with Crippen LogP contribution in [0.4, 0.5) is 26.3 Å². The highest BCUT2D eigenvalue weighted by molar-refractivity contribution is 6.31. The van der Waals surface area contributed by atoms with E-state index >= 15 is 0 Å². The summed E-state index contributed by atoms with van der Waals surface area (Å²) in [5.41, 5.74) is 0.0323. The highest BCUT2D eigenvalue weighted by atomic mass is 35.5. The molecule has 0 radical (unpaired) electrons. The zero-order valence-electron chi connectivity index (χ0n) is 22.4. The van der Waals surface area contributed by atoms with Crippen molar-refractivity contribution >= 4 is 17.6 Å². The van der Waals surface area contributed by atoms with Gasteiger partial charge in [0.1, 0.15) is 17.9 Å². The molecule has 1 aromatic carbocycles. The number of hydrogen-bond donors (Lipinski definition) is 1. The maximum Gasteiger partial charge on any atom is 0.434 e. The lowest BCUT2D eigenvalue weighted by Crippen LogP contribution is -2.28. The van der Waals surface area contributed by atoms with E-state index in [9.17, 15) is 36.2 Å². The largest absolute Gasteiger partial charge is 0.489 e. The summed E-state index contributed by atoms with van der Waals surface area (Å²) in [6.45, 7) is 0.186. The van der Waals surface area contributed by atoms with Crippen LogP contribution in [0.2, 0.25) is 5.02 Å². The summed E-state index contributed by atoms with van der Waals surface area (Å²) in [5.74, 6) is -2.90. The molecule has 0 atom stereocenters. The number of aromatic carboxylic acids is 1. The monoisotopic (exact) mass is 626 g/mol. The third kappa shape index (κ3) is 6.87. The van der Waals surface area contributed by atoms with E-state index in [0.717, 1.165) is 23.8 Å². The van der Waals surface area contributed by atoms with Gasteiger partial charge in [0, 0.05) is 10.6 Å². The predicted octanol–water partition coefficient (Wildman–Crippen LogP) is 8.09. The van der Waals surface area contributed by atoms with Crippen molar-refractivity contribution in [3.8, 4) is 22.8 Å². The van der Waals surface area contributed by atoms with Gasteiger partial charge in [-0.25, -0.2) is 14.5 Å². The molecule has 7 nitrogen and oxygen atoms in total. The molecule has 0 bridgehead atoms. The number of halogens is 7. The molecular weight excluding hydrogens is 602 g/mol. The molecule has 0 saturated heterocycles. The molecule has 2 aromatic heterocycles. The van der Waals surface area contributed by atoms with Crippen molar-refractivity contribution in [3.05, 3.63) is 76.4 Å². The smallest absolute Gasteiger partial charge is 0.434 e. The standard InChI is InChI=1S/C29H25ClF6N4O3/c30-20-9-10-24(43-15-16-1-3-17(4-2-16)18-5-7-19(8-6-18)28(31,32)33)21(11-20)23-13-37-14-25(39-23)40-26(29(34,35)36)22(12-38-40)27(41)42/h1,3,9-14,18-19H,2,4-8,15H2,(H,41,42). The minimum atomic E-state index is -5.03. The van der Waals surface area contributed by atoms with E-state index in [0.29, 0.717) is 46.5 Å². The molecular formula is C29H25ClF6N4O3. The Hall–Kier alpha value is -3.87. The first-order valence-electron chi connectivity index (χ1n) is 13.4. The number of benzene rings is 1. The van der Waals surface area contributed by atoms with Gasteiger partial charge in [0.25, 0.3) is 0 Å². The van der Waals surface area contributed by atoms with E-state index in [1.54, 1.807) is 12.1 Å². The number of nitrogens with zero attached hydrogens (tertiary/aromatic N) is 4. The summed E-state index contributed by atoms with van der Waals surface area (Å²) in [5, 5.41) is 13.1. The molecule has 14 heteroatoms. The molecule has 0 spiro atoms. The van der Waals surface area contributed by atoms with Gasteiger partial charge in [-0.1, -0.05) is 29.3 Å². The van der Waals surface area contributed by atoms with E-state index in [1.807, 2.05) is 12.2 Å². The summed E-state index contributed by atoms with van der Waals surface area (Å²) in [7, 11) is 0. The Kier molecular flexibility index (Phi) is 8.55. The molecule has 43 heavy (non-hydrogen) atoms. The Bertz CT molecular complexity index is 1570. The highest BCUT2D eigenvalue weighted by Gasteiger charge is 2.42. The van der Waals surface area contributed by atoms with E-state index < -0.39 is 35.5 Å². The van der Waals surface area contributed by atoms with Crippen molar-refractivity contribution in [2.24, 2.45) is 11.8 Å². The van der Waals surface area contributed by atoms with Gasteiger partial charge >= 0.3 is 18.3 Å². The summed E-state index contributed by atoms with van der Waals surface area (Å²) in [4.78, 5) is 19.6. The molecule has 0 amide bonds. The first-order valence-corrected chi connectivity index (χ1v) is 13.8. The second-order valence-corrected chi connectivity index (χ2v) is 10.9. The maximum absolute atomic E-state index is 13.7. The van der Waals surface area contributed by atoms with E-state index in [1.165, 1.54) is 12.3 Å². The molecule has 2 aliphatic rings. The number of allylic oxidation sites excluding steroid dienone is 3. The Morgan fingerprint density at radius 3 is 2.40 bits per heavy atom. The normalized spacial score (nSPS) is 19.5. The first-order chi connectivity index (χ1) is 20.3. The van der Waals surface area contributed by atoms with Crippen molar-refractivity contribution < 1.29 is 41.0 Å². The van der Waals surface area contributed by atoms with Gasteiger partial charge in [-0.3, -0.25) is 4.98 Å². The second kappa shape index (κ2) is 12.0. The maximum atomic E-state index is 13.7. The molecule has 1 N–H and O–H groups in total. The zero-order chi connectivity index (χ0) is 30.9. The molecule has 1 saturated carbocycles. The minimum absolute atomic E-state index is 0.116. The number of ether oxygens (including phenoxy) is 1. The Labute approximate surface area is 246 Å². The average molecular weight is 627 g/mol. The van der Waals surface area contributed by atoms with Gasteiger partial charge in [-0.15, -0.1) is 0 Å². The third-order valence-corrected chi connectivity index (χ3v) is 7.96. The molecule has 2 heterocycles. The van der Waals surface area contributed by atoms with Gasteiger partial charge in [-0.2, -0.15) is 31.4 Å². The number of carbonyl (C=O) groups is 1. The van der Waals surface area contributed by atoms with E-state index in [2.05, 4.69) is 15.1 Å². The van der Waals surface area contributed by atoms with Crippen LogP contribution in [-0.4, -0.2) is 43.6 Å². The van der Waals surface area contributed by atoms with Crippen molar-refractivity contribution in [1.29, 1.82) is 0 Å². The lowest BCUT2D eigenvalue weighted by Gasteiger charge is -2.32. The average Bonchev–Trinajstić information content (AvgIpc) is 3.43. The molecule has 2 aliphatic carbocycles. The van der Waals surface area contributed by atoms with Crippen LogP contribution in [0, 0.1) is 11.8 Å². The molecule has 0 aliphatic heterocycles. The molecule has 228 valence electrons. The number of alkyl halides is 6. The number of carboxylic acids is 1. The second-order valence-electron chi connectivity index (χ2n) is 10.5. The minimum Gasteiger partial charge on any atom is -0.489 e. The quantitative estimate of drug-likeness (QED) is 0.267. The van der Waals surface area contributed by atoms with Gasteiger partial charge in [0.05, 0.1) is 30.2 Å². The summed E-state index contributed by atoms with van der Waals surface area (Å²) >= 11 is 6.20. The van der Waals surface area contributed by atoms with Crippen LogP contribution in [-0.2, 0) is 6.18 Å². The van der Waals surface area contributed by atoms with Crippen molar-refractivity contribution in [2.45, 2.75) is 50.9 Å². The summed E-state index contributed by atoms with van der Waals surface area (Å²) < 4.78 is 86.7. The number of hydrogen-bond acceptors (Lipinski definition) is 5. The van der Waals surface area contributed by atoms with Crippen LogP contribution in [0.15, 0.2) is 60.1 Å². The van der Waals surface area contributed by atoms with Crippen molar-refractivity contribution in [3.63, 3.8) is 0 Å². The fraction of sp³-hybridized carbons (Fsp3) is 0.379. The Morgan fingerprint density at radius 2 is 1.77 bits per heavy atom. The Morgan fingerprint density at radius 1 is 1.02 bits per heavy atom. The molecule has 0 unspecified atom stereocenters. The van der Waals surface area contributed by atoms with E-state index in [4.69, 9.17) is 16.3 Å². The summed E-state index contributed by atoms with van der Waals surface area (Å²) in [6, 6.07) is 4.69. The Balaban J connectivity index is 1.33. The van der Waals surface area contributed by atoms with Crippen LogP contribution < -0.4 is 4.74 Å². The van der Waals surface area contributed by atoms with Crippen LogP contribution >= 0.6 is 11.6 Å². The fourth-order valence-electron chi connectivity index (χ4n) is 5.49. The number of carboxylic acid groups (broad SMARTS) is 1. The predicted molar refractivity (Wildman–Crippen MR) is 144 cm³/mol. The van der Waals surface area contributed by atoms with Crippen LogP contribution in [0.25, 0.3) is 17.1 Å². The molecule has 1 fully saturated rings. The van der Waals surface area contributed by atoms with Gasteiger partial charge in [0.2, 0.25) is 0 Å². The van der Waals surface area contributed by atoms with Gasteiger partial charge < -0.3 is 9.84 Å². The lowest BCUT2D eigenvalue weighted by atomic mass is 9.76. The van der Waals surface area contributed by atoms with Crippen LogP contribution in [0.3, 0.4) is 0 Å². The SMILES string of the molecule is O=C(O)c1cnn(-c2cncc(-c3cc(Cl)ccc3OCC3=CC=C(C4CCC(C(F)(F)F)CC4)CC3)n2)c1C(F)(F)F. The molecule has 3 aromatic rings. The number of rotatable bonds is 7. The zero-order valence-corrected chi connectivity index (χ0v) is 23.2. The van der Waals surface area contributed by atoms with Crippen molar-refractivity contribution in [1.82, 2.24) is 19.7 Å².